The molecule has 0 saturated heterocycles. The first-order chi connectivity index (χ1) is 41.7. The van der Waals surface area contributed by atoms with Crippen LogP contribution in [0.2, 0.25) is 0 Å². The van der Waals surface area contributed by atoms with E-state index in [1.165, 1.54) is 132 Å². The SMILES string of the molecule is Cc1ccc2c3ccccc3c3ccccc3c2c1.Cc1ccc2c3ccccc3c3ccccc3c2n1.Cc1ccc2sc3cnccc3c2c1.Cc1cnc2c3ccccc3c3ccccc3c2n1.Cc1nccc2c1sc1ccccc12. The highest BCUT2D eigenvalue weighted by molar-refractivity contribution is 7.26. The van der Waals surface area contributed by atoms with Crippen molar-refractivity contribution in [3.05, 3.63) is 284 Å². The molecule has 6 aromatic heterocycles. The average Bonchev–Trinajstić information content (AvgIpc) is 4.22. The number of thiophene rings is 2. The summed E-state index contributed by atoms with van der Waals surface area (Å²) in [7, 11) is 0. The quantitative estimate of drug-likeness (QED) is 0.142. The van der Waals surface area contributed by atoms with Crippen molar-refractivity contribution < 1.29 is 0 Å². The zero-order valence-corrected chi connectivity index (χ0v) is 49.4. The minimum atomic E-state index is 0.952. The zero-order valence-electron chi connectivity index (χ0n) is 47.8. The van der Waals surface area contributed by atoms with E-state index in [0.29, 0.717) is 0 Å². The van der Waals surface area contributed by atoms with Crippen LogP contribution in [0.3, 0.4) is 0 Å². The molecule has 18 rings (SSSR count). The van der Waals surface area contributed by atoms with Crippen LogP contribution < -0.4 is 0 Å². The fourth-order valence-electron chi connectivity index (χ4n) is 12.1. The first-order valence-corrected chi connectivity index (χ1v) is 30.3. The van der Waals surface area contributed by atoms with Gasteiger partial charge in [-0.15, -0.1) is 22.7 Å². The van der Waals surface area contributed by atoms with Crippen molar-refractivity contribution in [1.82, 2.24) is 24.9 Å². The van der Waals surface area contributed by atoms with Gasteiger partial charge in [-0.25, -0.2) is 4.98 Å². The highest BCUT2D eigenvalue weighted by Crippen LogP contribution is 2.39. The lowest BCUT2D eigenvalue weighted by Crippen LogP contribution is -1.90. The minimum absolute atomic E-state index is 0.952. The Morgan fingerprint density at radius 2 is 0.671 bits per heavy atom. The van der Waals surface area contributed by atoms with Gasteiger partial charge in [0.15, 0.2) is 0 Å². The molecular weight excluding hydrogens is 1070 g/mol. The number of nitrogens with zero attached hydrogens (tertiary/aromatic N) is 5. The van der Waals surface area contributed by atoms with E-state index >= 15 is 0 Å². The Morgan fingerprint density at radius 1 is 0.259 bits per heavy atom. The van der Waals surface area contributed by atoms with Gasteiger partial charge in [-0.05, 0) is 130 Å². The lowest BCUT2D eigenvalue weighted by atomic mass is 9.93. The van der Waals surface area contributed by atoms with Crippen LogP contribution in [-0.4, -0.2) is 24.9 Å². The van der Waals surface area contributed by atoms with Crippen LogP contribution in [-0.2, 0) is 0 Å². The second-order valence-corrected chi connectivity index (χ2v) is 23.9. The van der Waals surface area contributed by atoms with E-state index in [2.05, 4.69) is 266 Å². The fraction of sp³-hybridized carbons (Fsp3) is 0.0641. The number of fused-ring (bicyclic) bond motifs is 24. The lowest BCUT2D eigenvalue weighted by Gasteiger charge is -2.10. The normalized spacial score (nSPS) is 11.4. The van der Waals surface area contributed by atoms with E-state index in [1.807, 2.05) is 61.3 Å². The van der Waals surface area contributed by atoms with Crippen molar-refractivity contribution in [2.75, 3.05) is 0 Å². The van der Waals surface area contributed by atoms with Gasteiger partial charge in [0.05, 0.1) is 37.3 Å². The maximum absolute atomic E-state index is 4.75. The Balaban J connectivity index is 0.0000000948. The molecule has 0 unspecified atom stereocenters. The van der Waals surface area contributed by atoms with Crippen molar-refractivity contribution >= 4 is 160 Å². The molecule has 0 aliphatic carbocycles. The summed E-state index contributed by atoms with van der Waals surface area (Å²) >= 11 is 3.63. The highest BCUT2D eigenvalue weighted by atomic mass is 32.1. The fourth-order valence-corrected chi connectivity index (χ4v) is 14.3. The monoisotopic (exact) mass is 1130 g/mol. The molecule has 0 amide bonds. The Bertz CT molecular complexity index is 5100. The molecule has 0 bridgehead atoms. The molecule has 0 fully saturated rings. The largest absolute Gasteiger partial charge is 0.263 e. The third kappa shape index (κ3) is 9.97. The predicted molar refractivity (Wildman–Crippen MR) is 368 cm³/mol. The van der Waals surface area contributed by atoms with E-state index in [9.17, 15) is 0 Å². The second-order valence-electron chi connectivity index (χ2n) is 21.7. The summed E-state index contributed by atoms with van der Waals surface area (Å²) in [5.74, 6) is 0. The van der Waals surface area contributed by atoms with Crippen LogP contribution in [0.1, 0.15) is 28.2 Å². The van der Waals surface area contributed by atoms with Crippen LogP contribution in [0.4, 0.5) is 0 Å². The zero-order chi connectivity index (χ0) is 57.5. The first-order valence-electron chi connectivity index (χ1n) is 28.7. The van der Waals surface area contributed by atoms with Gasteiger partial charge in [0.1, 0.15) is 0 Å². The number of aryl methyl sites for hydroxylation is 5. The second kappa shape index (κ2) is 22.6. The van der Waals surface area contributed by atoms with Gasteiger partial charge in [0.2, 0.25) is 0 Å². The molecule has 0 saturated carbocycles. The van der Waals surface area contributed by atoms with Crippen molar-refractivity contribution in [3.8, 4) is 0 Å². The van der Waals surface area contributed by atoms with Gasteiger partial charge in [0, 0.05) is 83.0 Å². The number of aromatic nitrogens is 5. The maximum atomic E-state index is 4.75. The third-order valence-electron chi connectivity index (χ3n) is 16.1. The molecule has 5 nitrogen and oxygen atoms in total. The summed E-state index contributed by atoms with van der Waals surface area (Å²) in [4.78, 5) is 22.5. The number of benzene rings is 12. The molecule has 0 spiro atoms. The van der Waals surface area contributed by atoms with Crippen molar-refractivity contribution in [3.63, 3.8) is 0 Å². The molecule has 7 heteroatoms. The third-order valence-corrected chi connectivity index (χ3v) is 18.5. The summed E-state index contributed by atoms with van der Waals surface area (Å²) in [6.45, 7) is 10.4. The first kappa shape index (κ1) is 53.0. The van der Waals surface area contributed by atoms with Gasteiger partial charge >= 0.3 is 0 Å². The number of rotatable bonds is 0. The molecule has 0 atom stereocenters. The number of hydrogen-bond donors (Lipinski definition) is 0. The minimum Gasteiger partial charge on any atom is -0.263 e. The van der Waals surface area contributed by atoms with E-state index in [4.69, 9.17) is 9.97 Å². The molecule has 406 valence electrons. The van der Waals surface area contributed by atoms with Gasteiger partial charge in [-0.2, -0.15) is 0 Å². The van der Waals surface area contributed by atoms with Gasteiger partial charge in [0.25, 0.3) is 0 Å². The summed E-state index contributed by atoms with van der Waals surface area (Å²) < 4.78 is 5.28. The van der Waals surface area contributed by atoms with Crippen LogP contribution in [0, 0.1) is 34.6 Å². The van der Waals surface area contributed by atoms with Gasteiger partial charge in [-0.3, -0.25) is 19.9 Å². The van der Waals surface area contributed by atoms with Crippen LogP contribution in [0.15, 0.2) is 255 Å². The van der Waals surface area contributed by atoms with E-state index < -0.39 is 0 Å². The molecule has 6 heterocycles. The van der Waals surface area contributed by atoms with Crippen molar-refractivity contribution in [2.24, 2.45) is 0 Å². The molecular formula is C78H57N5S2. The van der Waals surface area contributed by atoms with Gasteiger partial charge in [-0.1, -0.05) is 205 Å². The number of pyridine rings is 3. The Labute approximate surface area is 500 Å². The summed E-state index contributed by atoms with van der Waals surface area (Å²) in [6, 6.07) is 81.6. The van der Waals surface area contributed by atoms with E-state index in [-0.39, 0.29) is 0 Å². The summed E-state index contributed by atoms with van der Waals surface area (Å²) in [5, 5.41) is 24.6. The Hall–Kier alpha value is -10.1. The summed E-state index contributed by atoms with van der Waals surface area (Å²) in [5.41, 5.74) is 8.86. The maximum Gasteiger partial charge on any atom is 0.0974 e. The van der Waals surface area contributed by atoms with E-state index in [0.717, 1.165) is 33.6 Å². The van der Waals surface area contributed by atoms with Crippen molar-refractivity contribution in [2.45, 2.75) is 34.6 Å². The Kier molecular flexibility index (Phi) is 14.1. The van der Waals surface area contributed by atoms with Crippen LogP contribution in [0.25, 0.3) is 138 Å². The van der Waals surface area contributed by atoms with Crippen LogP contribution in [0.5, 0.6) is 0 Å². The van der Waals surface area contributed by atoms with E-state index in [1.54, 1.807) is 0 Å². The molecule has 0 aliphatic rings. The lowest BCUT2D eigenvalue weighted by molar-refractivity contribution is 1.19. The molecule has 0 radical (unpaired) electrons. The standard InChI is InChI=1S/C19H14.C18H13N.C17H12N2.2C12H9NS/c1-13-10-11-18-16-8-3-2-6-14(16)15-7-4-5-9-17(15)19(18)12-13;1-12-10-11-17-15-8-3-2-6-13(15)14-7-4-5-9-16(14)18(17)19-12;1-11-10-18-16-14-8-4-2-6-12(14)13-7-3-5-9-15(13)17(16)19-11;1-8-2-3-11-10(6-8)9-4-5-13-7-12(9)14-11;1-8-12-10(6-7-13-8)9-4-2-3-5-11(9)14-12/h2-12H,1H3;2-11H,1H3;2-10H,1H3;2*2-7H,1H3. The highest BCUT2D eigenvalue weighted by Gasteiger charge is 2.13. The van der Waals surface area contributed by atoms with Gasteiger partial charge < -0.3 is 0 Å². The molecule has 18 aromatic rings. The molecule has 0 aliphatic heterocycles. The predicted octanol–water partition coefficient (Wildman–Crippen LogP) is 22.1. The smallest absolute Gasteiger partial charge is 0.0974 e. The Morgan fingerprint density at radius 3 is 1.27 bits per heavy atom. The molecule has 12 aromatic carbocycles. The summed E-state index contributed by atoms with van der Waals surface area (Å²) in [6.07, 6.45) is 7.52. The topological polar surface area (TPSA) is 64.5 Å². The molecule has 85 heavy (non-hydrogen) atoms. The molecule has 0 N–H and O–H groups in total. The number of hydrogen-bond acceptors (Lipinski definition) is 7. The average molecular weight is 1130 g/mol. The van der Waals surface area contributed by atoms with Crippen LogP contribution >= 0.6 is 22.7 Å². The van der Waals surface area contributed by atoms with Crippen molar-refractivity contribution in [1.29, 1.82) is 0 Å².